The average Bonchev–Trinajstić information content (AvgIpc) is 2.59. The van der Waals surface area contributed by atoms with Crippen LogP contribution in [0.5, 0.6) is 5.75 Å². The van der Waals surface area contributed by atoms with Gasteiger partial charge in [0.2, 0.25) is 10.0 Å². The third-order valence-corrected chi connectivity index (χ3v) is 4.01. The number of carbonyl (C=O) groups is 2. The van der Waals surface area contributed by atoms with E-state index >= 15 is 0 Å². The Kier molecular flexibility index (Phi) is 6.42. The second-order valence-electron chi connectivity index (χ2n) is 5.10. The summed E-state index contributed by atoms with van der Waals surface area (Å²) in [5.74, 6) is -1.70. The van der Waals surface area contributed by atoms with E-state index < -0.39 is 35.1 Å². The molecule has 144 valence electrons. The van der Waals surface area contributed by atoms with Gasteiger partial charge in [-0.25, -0.2) is 18.4 Å². The molecule has 2 aromatic rings. The molecule has 2 rings (SSSR count). The largest absolute Gasteiger partial charge is 0.452 e. The lowest BCUT2D eigenvalue weighted by atomic mass is 10.2. The van der Waals surface area contributed by atoms with Crippen LogP contribution in [0.15, 0.2) is 53.4 Å². The van der Waals surface area contributed by atoms with Crippen LogP contribution in [0, 0.1) is 0 Å². The van der Waals surface area contributed by atoms with Crippen LogP contribution in [0.25, 0.3) is 0 Å². The lowest BCUT2D eigenvalue weighted by Crippen LogP contribution is -2.21. The van der Waals surface area contributed by atoms with E-state index in [1.807, 2.05) is 0 Å². The minimum Gasteiger partial charge on any atom is -0.452 e. The molecule has 0 spiro atoms. The second-order valence-corrected chi connectivity index (χ2v) is 6.66. The number of carbonyl (C=O) groups excluding carboxylic acids is 2. The number of amides is 1. The van der Waals surface area contributed by atoms with Crippen molar-refractivity contribution < 1.29 is 36.3 Å². The maximum Gasteiger partial charge on any atom is 0.387 e. The normalized spacial score (nSPS) is 11.1. The molecule has 2 aromatic carbocycles. The van der Waals surface area contributed by atoms with E-state index in [1.165, 1.54) is 30.3 Å². The van der Waals surface area contributed by atoms with E-state index in [1.54, 1.807) is 0 Å². The number of benzene rings is 2. The maximum absolute atomic E-state index is 12.1. The van der Waals surface area contributed by atoms with Crippen molar-refractivity contribution in [2.24, 2.45) is 5.14 Å². The lowest BCUT2D eigenvalue weighted by molar-refractivity contribution is -0.119. The van der Waals surface area contributed by atoms with Gasteiger partial charge in [0, 0.05) is 5.69 Å². The van der Waals surface area contributed by atoms with Crippen LogP contribution in [0.2, 0.25) is 0 Å². The Balaban J connectivity index is 1.91. The smallest absolute Gasteiger partial charge is 0.387 e. The second kappa shape index (κ2) is 8.56. The summed E-state index contributed by atoms with van der Waals surface area (Å²) in [4.78, 5) is 23.5. The van der Waals surface area contributed by atoms with Gasteiger partial charge in [-0.15, -0.1) is 0 Å². The molecule has 0 saturated carbocycles. The van der Waals surface area contributed by atoms with Crippen molar-refractivity contribution >= 4 is 27.6 Å². The van der Waals surface area contributed by atoms with Crippen molar-refractivity contribution in [2.45, 2.75) is 11.5 Å². The van der Waals surface area contributed by atoms with Gasteiger partial charge in [0.1, 0.15) is 5.75 Å². The van der Waals surface area contributed by atoms with Gasteiger partial charge in [0.15, 0.2) is 6.61 Å². The van der Waals surface area contributed by atoms with Gasteiger partial charge in [-0.2, -0.15) is 8.78 Å². The number of ether oxygens (including phenoxy) is 2. The van der Waals surface area contributed by atoms with E-state index in [0.29, 0.717) is 0 Å². The number of primary sulfonamides is 1. The van der Waals surface area contributed by atoms with Crippen molar-refractivity contribution in [3.8, 4) is 5.75 Å². The van der Waals surface area contributed by atoms with Crippen molar-refractivity contribution in [3.63, 3.8) is 0 Å². The number of hydrogen-bond donors (Lipinski definition) is 2. The molecule has 27 heavy (non-hydrogen) atoms. The first-order chi connectivity index (χ1) is 12.6. The van der Waals surface area contributed by atoms with Gasteiger partial charge in [-0.3, -0.25) is 4.79 Å². The monoisotopic (exact) mass is 400 g/mol. The number of rotatable bonds is 7. The quantitative estimate of drug-likeness (QED) is 0.682. The summed E-state index contributed by atoms with van der Waals surface area (Å²) < 4.78 is 55.6. The number of alkyl halides is 2. The van der Waals surface area contributed by atoms with Crippen molar-refractivity contribution in [2.75, 3.05) is 11.9 Å². The predicted octanol–water partition coefficient (Wildman–Crippen LogP) is 1.73. The number of sulfonamides is 1. The molecular formula is C16H14F2N2O6S. The fraction of sp³-hybridized carbons (Fsp3) is 0.125. The summed E-state index contributed by atoms with van der Waals surface area (Å²) in [6.45, 7) is -3.63. The summed E-state index contributed by atoms with van der Waals surface area (Å²) in [6.07, 6.45) is 0. The van der Waals surface area contributed by atoms with E-state index in [-0.39, 0.29) is 21.9 Å². The Morgan fingerprint density at radius 2 is 1.78 bits per heavy atom. The van der Waals surface area contributed by atoms with Crippen molar-refractivity contribution in [1.29, 1.82) is 0 Å². The Labute approximate surface area is 152 Å². The molecule has 0 atom stereocenters. The summed E-state index contributed by atoms with van der Waals surface area (Å²) >= 11 is 0. The molecule has 0 radical (unpaired) electrons. The van der Waals surface area contributed by atoms with Crippen LogP contribution >= 0.6 is 0 Å². The van der Waals surface area contributed by atoms with Crippen LogP contribution in [-0.2, 0) is 19.6 Å². The molecule has 3 N–H and O–H groups in total. The molecule has 0 aliphatic heterocycles. The van der Waals surface area contributed by atoms with E-state index in [9.17, 15) is 26.8 Å². The third kappa shape index (κ3) is 6.31. The van der Waals surface area contributed by atoms with E-state index in [4.69, 9.17) is 9.88 Å². The van der Waals surface area contributed by atoms with Crippen LogP contribution in [0.1, 0.15) is 10.4 Å². The third-order valence-electron chi connectivity index (χ3n) is 3.10. The summed E-state index contributed by atoms with van der Waals surface area (Å²) in [5, 5.41) is 7.35. The molecule has 0 heterocycles. The number of esters is 1. The van der Waals surface area contributed by atoms with Crippen LogP contribution < -0.4 is 15.2 Å². The first kappa shape index (κ1) is 20.3. The molecule has 0 saturated heterocycles. The summed E-state index contributed by atoms with van der Waals surface area (Å²) in [5.41, 5.74) is 0.178. The minimum atomic E-state index is -3.93. The lowest BCUT2D eigenvalue weighted by Gasteiger charge is -2.08. The zero-order valence-electron chi connectivity index (χ0n) is 13.6. The van der Waals surface area contributed by atoms with E-state index in [2.05, 4.69) is 10.1 Å². The standard InChI is InChI=1S/C16H14F2N2O6S/c17-16(18)26-12-6-4-10(5-7-12)15(22)25-9-14(21)20-11-2-1-3-13(8-11)27(19,23)24/h1-8,16H,9H2,(H,20,21)(H2,19,23,24). The zero-order chi connectivity index (χ0) is 20.0. The molecule has 0 aliphatic rings. The number of nitrogens with one attached hydrogen (secondary N) is 1. The van der Waals surface area contributed by atoms with Gasteiger partial charge in [0.05, 0.1) is 10.5 Å². The van der Waals surface area contributed by atoms with Gasteiger partial charge in [-0.1, -0.05) is 6.07 Å². The molecule has 0 fully saturated rings. The van der Waals surface area contributed by atoms with Crippen molar-refractivity contribution in [1.82, 2.24) is 0 Å². The zero-order valence-corrected chi connectivity index (χ0v) is 14.4. The average molecular weight is 400 g/mol. The highest BCUT2D eigenvalue weighted by molar-refractivity contribution is 7.89. The number of halogens is 2. The van der Waals surface area contributed by atoms with Gasteiger partial charge in [-0.05, 0) is 42.5 Å². The van der Waals surface area contributed by atoms with Crippen LogP contribution in [-0.4, -0.2) is 33.5 Å². The Morgan fingerprint density at radius 1 is 1.11 bits per heavy atom. The number of anilines is 1. The molecule has 11 heteroatoms. The Hall–Kier alpha value is -3.05. The Bertz CT molecular complexity index is 932. The van der Waals surface area contributed by atoms with Crippen molar-refractivity contribution in [3.05, 3.63) is 54.1 Å². The van der Waals surface area contributed by atoms with E-state index in [0.717, 1.165) is 18.2 Å². The summed E-state index contributed by atoms with van der Waals surface area (Å²) in [7, 11) is -3.93. The van der Waals surface area contributed by atoms with Crippen LogP contribution in [0.4, 0.5) is 14.5 Å². The highest BCUT2D eigenvalue weighted by Gasteiger charge is 2.13. The molecule has 0 unspecified atom stereocenters. The van der Waals surface area contributed by atoms with Gasteiger partial charge >= 0.3 is 12.6 Å². The van der Waals surface area contributed by atoms with Gasteiger partial charge in [0.25, 0.3) is 5.91 Å². The molecule has 0 aliphatic carbocycles. The minimum absolute atomic E-state index is 0.0284. The maximum atomic E-state index is 12.1. The fourth-order valence-electron chi connectivity index (χ4n) is 1.93. The molecule has 8 nitrogen and oxygen atoms in total. The highest BCUT2D eigenvalue weighted by Crippen LogP contribution is 2.16. The van der Waals surface area contributed by atoms with Gasteiger partial charge < -0.3 is 14.8 Å². The van der Waals surface area contributed by atoms with Crippen LogP contribution in [0.3, 0.4) is 0 Å². The SMILES string of the molecule is NS(=O)(=O)c1cccc(NC(=O)COC(=O)c2ccc(OC(F)F)cc2)c1. The first-order valence-corrected chi connectivity index (χ1v) is 8.84. The Morgan fingerprint density at radius 3 is 2.37 bits per heavy atom. The molecular weight excluding hydrogens is 386 g/mol. The predicted molar refractivity (Wildman–Crippen MR) is 89.8 cm³/mol. The highest BCUT2D eigenvalue weighted by atomic mass is 32.2. The first-order valence-electron chi connectivity index (χ1n) is 7.30. The number of hydrogen-bond acceptors (Lipinski definition) is 6. The molecule has 0 aromatic heterocycles. The fourth-order valence-corrected chi connectivity index (χ4v) is 2.49. The molecule has 1 amide bonds. The number of nitrogens with two attached hydrogens (primary N) is 1. The topological polar surface area (TPSA) is 125 Å². The molecule has 0 bridgehead atoms. The summed E-state index contributed by atoms with van der Waals surface area (Å²) in [6, 6.07) is 9.92.